The summed E-state index contributed by atoms with van der Waals surface area (Å²) in [7, 11) is 0. The number of fused-ring (bicyclic) bond motifs is 12. The van der Waals surface area contributed by atoms with Crippen LogP contribution in [0.2, 0.25) is 0 Å². The first kappa shape index (κ1) is 44.6. The van der Waals surface area contributed by atoms with Crippen LogP contribution in [0.15, 0.2) is 242 Å². The van der Waals surface area contributed by atoms with Crippen molar-refractivity contribution in [2.24, 2.45) is 0 Å². The Morgan fingerprint density at radius 2 is 1.26 bits per heavy atom. The first-order valence-corrected chi connectivity index (χ1v) is 26.4. The molecular weight excluding hydrogens is 939 g/mol. The molecule has 0 amide bonds. The predicted octanol–water partition coefficient (Wildman–Crippen LogP) is 18.5. The molecule has 6 heteroatoms. The second-order valence-corrected chi connectivity index (χ2v) is 20.4. The number of hydrogen-bond donors (Lipinski definition) is 0. The highest BCUT2D eigenvalue weighted by Gasteiger charge is 2.29. The number of aromatic nitrogens is 4. The number of allylic oxidation sites excluding steroid dienone is 8. The highest BCUT2D eigenvalue weighted by atomic mass is 16.3. The molecule has 0 radical (unpaired) electrons. The van der Waals surface area contributed by atoms with Crippen molar-refractivity contribution in [2.75, 3.05) is 4.90 Å². The van der Waals surface area contributed by atoms with E-state index in [0.717, 1.165) is 124 Å². The van der Waals surface area contributed by atoms with Crippen LogP contribution in [0.25, 0.3) is 122 Å². The summed E-state index contributed by atoms with van der Waals surface area (Å²) in [6.07, 6.45) is 21.6. The zero-order valence-electron chi connectivity index (χ0n) is 42.4. The fourth-order valence-corrected chi connectivity index (χ4v) is 12.1. The van der Waals surface area contributed by atoms with E-state index in [2.05, 4.69) is 236 Å². The van der Waals surface area contributed by atoms with E-state index >= 15 is 0 Å². The number of rotatable bonds is 5. The lowest BCUT2D eigenvalue weighted by atomic mass is 9.81. The highest BCUT2D eigenvalue weighted by molar-refractivity contribution is 6.23. The first-order chi connectivity index (χ1) is 37.9. The molecule has 3 aromatic heterocycles. The zero-order valence-corrected chi connectivity index (χ0v) is 42.4. The fourth-order valence-electron chi connectivity index (χ4n) is 12.1. The van der Waals surface area contributed by atoms with Crippen LogP contribution in [-0.4, -0.2) is 19.5 Å². The van der Waals surface area contributed by atoms with Crippen molar-refractivity contribution >= 4 is 88.2 Å². The van der Waals surface area contributed by atoms with Gasteiger partial charge in [0.1, 0.15) is 11.2 Å². The Kier molecular flexibility index (Phi) is 10.2. The van der Waals surface area contributed by atoms with Crippen LogP contribution in [0.4, 0.5) is 5.69 Å². The van der Waals surface area contributed by atoms with Gasteiger partial charge in [-0.2, -0.15) is 0 Å². The Labute approximate surface area is 445 Å². The number of anilines is 1. The molecule has 0 N–H and O–H groups in total. The predicted molar refractivity (Wildman–Crippen MR) is 321 cm³/mol. The summed E-state index contributed by atoms with van der Waals surface area (Å²) in [6, 6.07) is 60.7. The van der Waals surface area contributed by atoms with Gasteiger partial charge in [-0.15, -0.1) is 0 Å². The summed E-state index contributed by atoms with van der Waals surface area (Å²) in [5.41, 5.74) is 16.6. The molecule has 0 saturated heterocycles. The van der Waals surface area contributed by atoms with Gasteiger partial charge < -0.3 is 13.9 Å². The maximum absolute atomic E-state index is 6.54. The van der Waals surface area contributed by atoms with Gasteiger partial charge in [-0.05, 0) is 141 Å². The summed E-state index contributed by atoms with van der Waals surface area (Å²) in [4.78, 5) is 19.1. The van der Waals surface area contributed by atoms with Crippen LogP contribution in [0.5, 0.6) is 0 Å². The monoisotopic (exact) mass is 987 g/mol. The quantitative estimate of drug-likeness (QED) is 0.172. The number of benzene rings is 9. The number of para-hydroxylation sites is 1. The van der Waals surface area contributed by atoms with E-state index < -0.39 is 0 Å². The van der Waals surface area contributed by atoms with Gasteiger partial charge in [0.05, 0.1) is 22.4 Å². The van der Waals surface area contributed by atoms with Gasteiger partial charge in [0.15, 0.2) is 17.5 Å². The van der Waals surface area contributed by atoms with Crippen LogP contribution >= 0.6 is 0 Å². The largest absolute Gasteiger partial charge is 0.456 e. The lowest BCUT2D eigenvalue weighted by Gasteiger charge is -2.27. The molecule has 77 heavy (non-hydrogen) atoms. The van der Waals surface area contributed by atoms with Crippen LogP contribution in [-0.2, 0) is 0 Å². The van der Waals surface area contributed by atoms with Crippen LogP contribution in [0, 0.1) is 0 Å². The molecule has 0 spiro atoms. The SMILES string of the molecule is C=C1/C=C\C=C/N(C2=CCCC=C2)c2ccc(-c3nc(-c4ccc5c(c4)oc4ccccc45)nc(-c4c(-n5c6cc7ccccc7cc6c6c7ccccc7ccc65)ccc5c4C(C)/C=C\c4ccccc4C5=C)n3)cc21. The van der Waals surface area contributed by atoms with E-state index in [1.54, 1.807) is 0 Å². The molecule has 1 aliphatic heterocycles. The van der Waals surface area contributed by atoms with E-state index in [-0.39, 0.29) is 5.92 Å². The molecule has 3 aliphatic rings. The van der Waals surface area contributed by atoms with Gasteiger partial charge in [0.2, 0.25) is 0 Å². The third-order valence-electron chi connectivity index (χ3n) is 15.9. The Bertz CT molecular complexity index is 4710. The van der Waals surface area contributed by atoms with E-state index in [1.807, 2.05) is 12.1 Å². The Morgan fingerprint density at radius 3 is 2.12 bits per heavy atom. The van der Waals surface area contributed by atoms with Gasteiger partial charge in [0, 0.05) is 61.6 Å². The maximum Gasteiger partial charge on any atom is 0.166 e. The number of furan rings is 1. The van der Waals surface area contributed by atoms with Crippen molar-refractivity contribution in [2.45, 2.75) is 25.7 Å². The second-order valence-electron chi connectivity index (χ2n) is 20.4. The minimum absolute atomic E-state index is 0.0934. The normalized spacial score (nSPS) is 16.5. The van der Waals surface area contributed by atoms with Crippen LogP contribution in [0.3, 0.4) is 0 Å². The van der Waals surface area contributed by atoms with Crippen molar-refractivity contribution in [3.63, 3.8) is 0 Å². The van der Waals surface area contributed by atoms with Gasteiger partial charge >= 0.3 is 0 Å². The van der Waals surface area contributed by atoms with E-state index in [9.17, 15) is 0 Å². The third-order valence-corrected chi connectivity index (χ3v) is 15.9. The molecule has 9 aromatic carbocycles. The van der Waals surface area contributed by atoms with Gasteiger partial charge in [-0.1, -0.05) is 166 Å². The second kappa shape index (κ2) is 17.6. The maximum atomic E-state index is 6.54. The Hall–Kier alpha value is -9.91. The standard InChI is InChI=1S/C71H49N5O/c1-43-17-15-16-38-75(52-22-5-4-6-23-52)60-35-32-50(40-58(43)60)69-72-70(51-30-33-57-56-26-13-14-27-64(56)77-65(57)42-51)74-71(73-69)68-62(37-34-54-45(3)53-24-11-9-18-46(53)29-28-44(2)66(54)68)76-61-36-31-47-19-10-12-25-55(47)67(61)59-39-48-20-7-8-21-49(48)41-63(59)76/h5,7-42,44H,1,3-4,6H2,2H3/b17-15-,29-28-,38-16-. The molecule has 2 aliphatic carbocycles. The average Bonchev–Trinajstić information content (AvgIpc) is 4.06. The average molecular weight is 988 g/mol. The number of hydrogen-bond acceptors (Lipinski definition) is 5. The summed E-state index contributed by atoms with van der Waals surface area (Å²) in [5.74, 6) is 1.52. The van der Waals surface area contributed by atoms with Crippen molar-refractivity contribution in [1.29, 1.82) is 0 Å². The molecule has 4 heterocycles. The minimum atomic E-state index is -0.0934. The Morgan fingerprint density at radius 1 is 0.532 bits per heavy atom. The van der Waals surface area contributed by atoms with Gasteiger partial charge in [-0.25, -0.2) is 15.0 Å². The third kappa shape index (κ3) is 7.21. The summed E-state index contributed by atoms with van der Waals surface area (Å²) >= 11 is 0. The minimum Gasteiger partial charge on any atom is -0.456 e. The van der Waals surface area contributed by atoms with E-state index in [4.69, 9.17) is 25.9 Å². The van der Waals surface area contributed by atoms with Crippen molar-refractivity contribution < 1.29 is 4.42 Å². The fraction of sp³-hybridized carbons (Fsp3) is 0.0563. The highest BCUT2D eigenvalue weighted by Crippen LogP contribution is 2.47. The molecule has 12 aromatic rings. The zero-order chi connectivity index (χ0) is 51.3. The molecule has 1 atom stereocenters. The molecule has 0 saturated carbocycles. The molecule has 0 fully saturated rings. The van der Waals surface area contributed by atoms with Crippen LogP contribution in [0.1, 0.15) is 53.5 Å². The molecule has 0 bridgehead atoms. The van der Waals surface area contributed by atoms with E-state index in [1.165, 1.54) is 26.9 Å². The first-order valence-electron chi connectivity index (χ1n) is 26.4. The lowest BCUT2D eigenvalue weighted by molar-refractivity contribution is 0.669. The van der Waals surface area contributed by atoms with Crippen molar-refractivity contribution in [1.82, 2.24) is 19.5 Å². The number of nitrogens with zero attached hydrogens (tertiary/aromatic N) is 5. The van der Waals surface area contributed by atoms with Gasteiger partial charge in [-0.3, -0.25) is 0 Å². The molecule has 1 unspecified atom stereocenters. The molecule has 364 valence electrons. The smallest absolute Gasteiger partial charge is 0.166 e. The Balaban J connectivity index is 1.05. The van der Waals surface area contributed by atoms with E-state index in [0.29, 0.717) is 17.5 Å². The molecule has 6 nitrogen and oxygen atoms in total. The summed E-state index contributed by atoms with van der Waals surface area (Å²) in [5, 5.41) is 9.20. The topological polar surface area (TPSA) is 60.0 Å². The van der Waals surface area contributed by atoms with Crippen molar-refractivity contribution in [3.8, 4) is 39.9 Å². The summed E-state index contributed by atoms with van der Waals surface area (Å²) < 4.78 is 8.99. The molecule has 15 rings (SSSR count). The van der Waals surface area contributed by atoms with Crippen molar-refractivity contribution in [3.05, 3.63) is 265 Å². The van der Waals surface area contributed by atoms with Crippen LogP contribution < -0.4 is 4.90 Å². The van der Waals surface area contributed by atoms with Gasteiger partial charge in [0.25, 0.3) is 0 Å². The molecular formula is C71H49N5O. The lowest BCUT2D eigenvalue weighted by Crippen LogP contribution is -2.17. The summed E-state index contributed by atoms with van der Waals surface area (Å²) in [6.45, 7) is 11.8.